The highest BCUT2D eigenvalue weighted by molar-refractivity contribution is 6.00. The van der Waals surface area contributed by atoms with Crippen molar-refractivity contribution in [3.8, 4) is 0 Å². The summed E-state index contributed by atoms with van der Waals surface area (Å²) in [7, 11) is 0. The summed E-state index contributed by atoms with van der Waals surface area (Å²) in [4.78, 5) is 1.82. The Morgan fingerprint density at radius 1 is 1.40 bits per heavy atom. The smallest absolute Gasteiger partial charge is 0.395 e. The van der Waals surface area contributed by atoms with E-state index in [1.54, 1.807) is 0 Å². The van der Waals surface area contributed by atoms with Crippen LogP contribution in [0.2, 0.25) is 0 Å². The number of nitrogens with zero attached hydrogens (tertiary/aromatic N) is 1. The molecule has 20 heavy (non-hydrogen) atoms. The third kappa shape index (κ3) is 3.04. The first-order valence-electron chi connectivity index (χ1n) is 6.27. The molecule has 1 aliphatic carbocycles. The summed E-state index contributed by atoms with van der Waals surface area (Å²) in [5.74, 6) is -0.408. The van der Waals surface area contributed by atoms with Crippen LogP contribution in [0.4, 0.5) is 18.9 Å². The Morgan fingerprint density at radius 3 is 2.50 bits per heavy atom. The molecule has 1 saturated carbocycles. The maximum Gasteiger partial charge on any atom is 0.416 e. The number of nitrogen functional groups attached to an aromatic ring is 1. The van der Waals surface area contributed by atoms with Gasteiger partial charge >= 0.3 is 6.18 Å². The largest absolute Gasteiger partial charge is 0.416 e. The lowest BCUT2D eigenvalue weighted by molar-refractivity contribution is -0.137. The molecule has 110 valence electrons. The van der Waals surface area contributed by atoms with E-state index >= 15 is 0 Å². The molecule has 1 aromatic carbocycles. The van der Waals surface area contributed by atoms with Gasteiger partial charge in [0.05, 0.1) is 12.2 Å². The highest BCUT2D eigenvalue weighted by atomic mass is 19.4. The molecule has 0 aliphatic heterocycles. The fourth-order valence-corrected chi connectivity index (χ4v) is 2.17. The summed E-state index contributed by atoms with van der Waals surface area (Å²) in [6.07, 6.45) is -2.61. The van der Waals surface area contributed by atoms with Crippen LogP contribution >= 0.6 is 0 Å². The monoisotopic (exact) mass is 287 g/mol. The van der Waals surface area contributed by atoms with E-state index in [0.717, 1.165) is 25.0 Å². The number of benzene rings is 1. The molecule has 0 saturated heterocycles. The number of anilines is 1. The number of alkyl halides is 3. The van der Waals surface area contributed by atoms with Gasteiger partial charge < -0.3 is 15.7 Å². The molecule has 0 radical (unpaired) electrons. The third-order valence-electron chi connectivity index (χ3n) is 3.25. The maximum atomic E-state index is 12.7. The Labute approximate surface area is 114 Å². The summed E-state index contributed by atoms with van der Waals surface area (Å²) in [6.45, 7) is 0.213. The van der Waals surface area contributed by atoms with Crippen molar-refractivity contribution >= 4 is 11.5 Å². The van der Waals surface area contributed by atoms with Crippen LogP contribution in [0.1, 0.15) is 24.0 Å². The van der Waals surface area contributed by atoms with Crippen molar-refractivity contribution in [2.45, 2.75) is 25.1 Å². The predicted octanol–water partition coefficient (Wildman–Crippen LogP) is 1.95. The van der Waals surface area contributed by atoms with Crippen LogP contribution in [0.25, 0.3) is 0 Å². The Morgan fingerprint density at radius 2 is 2.05 bits per heavy atom. The predicted molar refractivity (Wildman–Crippen MR) is 69.9 cm³/mol. The minimum Gasteiger partial charge on any atom is -0.395 e. The van der Waals surface area contributed by atoms with Crippen LogP contribution < -0.4 is 10.6 Å². The number of halogens is 3. The number of rotatable bonds is 5. The van der Waals surface area contributed by atoms with Gasteiger partial charge in [-0.05, 0) is 31.0 Å². The summed E-state index contributed by atoms with van der Waals surface area (Å²) >= 11 is 0. The van der Waals surface area contributed by atoms with Gasteiger partial charge in [-0.1, -0.05) is 0 Å². The number of aliphatic hydroxyl groups excluding tert-OH is 1. The summed E-state index contributed by atoms with van der Waals surface area (Å²) in [6, 6.07) is 3.41. The number of nitrogens with two attached hydrogens (primary N) is 1. The molecular formula is C13H16F3N3O. The molecule has 1 aromatic rings. The third-order valence-corrected chi connectivity index (χ3v) is 3.25. The van der Waals surface area contributed by atoms with Gasteiger partial charge in [0.25, 0.3) is 0 Å². The molecule has 0 aromatic heterocycles. The Balaban J connectivity index is 2.44. The molecule has 0 unspecified atom stereocenters. The molecule has 7 heteroatoms. The van der Waals surface area contributed by atoms with E-state index in [4.69, 9.17) is 16.2 Å². The minimum atomic E-state index is -4.47. The lowest BCUT2D eigenvalue weighted by Gasteiger charge is -2.26. The van der Waals surface area contributed by atoms with E-state index in [-0.39, 0.29) is 18.2 Å². The molecule has 4 N–H and O–H groups in total. The van der Waals surface area contributed by atoms with Crippen LogP contribution in [-0.4, -0.2) is 30.1 Å². The van der Waals surface area contributed by atoms with E-state index in [0.29, 0.717) is 12.2 Å². The highest BCUT2D eigenvalue weighted by Crippen LogP contribution is 2.36. The van der Waals surface area contributed by atoms with Gasteiger partial charge in [0, 0.05) is 23.8 Å². The molecule has 2 rings (SSSR count). The van der Waals surface area contributed by atoms with Crippen molar-refractivity contribution in [2.75, 3.05) is 18.1 Å². The number of nitrogens with one attached hydrogen (secondary N) is 1. The van der Waals surface area contributed by atoms with Gasteiger partial charge in [0.2, 0.25) is 0 Å². The topological polar surface area (TPSA) is 73.3 Å². The zero-order valence-corrected chi connectivity index (χ0v) is 10.7. The molecule has 0 heterocycles. The lowest BCUT2D eigenvalue weighted by Crippen LogP contribution is -2.31. The first kappa shape index (κ1) is 14.6. The van der Waals surface area contributed by atoms with Gasteiger partial charge in [-0.3, -0.25) is 5.41 Å². The van der Waals surface area contributed by atoms with Crippen LogP contribution in [0.15, 0.2) is 18.2 Å². The average Bonchev–Trinajstić information content (AvgIpc) is 3.18. The Hall–Kier alpha value is -1.76. The number of aliphatic hydroxyl groups is 1. The normalized spacial score (nSPS) is 15.2. The van der Waals surface area contributed by atoms with E-state index in [2.05, 4.69) is 0 Å². The fraction of sp³-hybridized carbons (Fsp3) is 0.462. The Bertz CT molecular complexity index is 512. The minimum absolute atomic E-state index is 0.0557. The van der Waals surface area contributed by atoms with E-state index in [1.165, 1.54) is 6.07 Å². The standard InChI is InChI=1S/C13H16F3N3O/c14-13(15,16)8-1-4-11(10(7-8)12(17)18)19(5-6-20)9-2-3-9/h1,4,7,9,20H,2-3,5-6H2,(H3,17,18). The average molecular weight is 287 g/mol. The molecule has 0 bridgehead atoms. The van der Waals surface area contributed by atoms with Crippen LogP contribution in [0.3, 0.4) is 0 Å². The summed E-state index contributed by atoms with van der Waals surface area (Å²) in [5, 5.41) is 16.6. The molecule has 0 spiro atoms. The number of hydrogen-bond donors (Lipinski definition) is 3. The lowest BCUT2D eigenvalue weighted by atomic mass is 10.1. The SMILES string of the molecule is N=C(N)c1cc(C(F)(F)F)ccc1N(CCO)C1CC1. The van der Waals surface area contributed by atoms with Crippen LogP contribution in [0, 0.1) is 5.41 Å². The summed E-state index contributed by atoms with van der Waals surface area (Å²) in [5.41, 5.74) is 5.11. The van der Waals surface area contributed by atoms with Crippen molar-refractivity contribution < 1.29 is 18.3 Å². The zero-order chi connectivity index (χ0) is 14.9. The molecular weight excluding hydrogens is 271 g/mol. The first-order chi connectivity index (χ1) is 9.34. The molecule has 1 fully saturated rings. The molecule has 0 atom stereocenters. The quantitative estimate of drug-likeness (QED) is 0.572. The van der Waals surface area contributed by atoms with Crippen molar-refractivity contribution in [1.29, 1.82) is 5.41 Å². The number of hydrogen-bond acceptors (Lipinski definition) is 3. The van der Waals surface area contributed by atoms with Crippen molar-refractivity contribution in [2.24, 2.45) is 5.73 Å². The van der Waals surface area contributed by atoms with Gasteiger partial charge in [-0.15, -0.1) is 0 Å². The van der Waals surface area contributed by atoms with E-state index in [1.807, 2.05) is 4.90 Å². The van der Waals surface area contributed by atoms with E-state index in [9.17, 15) is 13.2 Å². The first-order valence-corrected chi connectivity index (χ1v) is 6.27. The second kappa shape index (κ2) is 5.32. The van der Waals surface area contributed by atoms with Crippen LogP contribution in [-0.2, 0) is 6.18 Å². The second-order valence-electron chi connectivity index (χ2n) is 4.79. The van der Waals surface area contributed by atoms with Crippen molar-refractivity contribution in [1.82, 2.24) is 0 Å². The fourth-order valence-electron chi connectivity index (χ4n) is 2.17. The maximum absolute atomic E-state index is 12.7. The van der Waals surface area contributed by atoms with Crippen molar-refractivity contribution in [3.63, 3.8) is 0 Å². The van der Waals surface area contributed by atoms with Gasteiger partial charge in [-0.25, -0.2) is 0 Å². The van der Waals surface area contributed by atoms with Gasteiger partial charge in [0.1, 0.15) is 5.84 Å². The van der Waals surface area contributed by atoms with Gasteiger partial charge in [0.15, 0.2) is 0 Å². The van der Waals surface area contributed by atoms with E-state index < -0.39 is 17.6 Å². The molecule has 1 aliphatic rings. The highest BCUT2D eigenvalue weighted by Gasteiger charge is 2.34. The Kier molecular flexibility index (Phi) is 3.89. The second-order valence-corrected chi connectivity index (χ2v) is 4.79. The summed E-state index contributed by atoms with van der Waals surface area (Å²) < 4.78 is 38.2. The zero-order valence-electron chi connectivity index (χ0n) is 10.7. The van der Waals surface area contributed by atoms with Gasteiger partial charge in [-0.2, -0.15) is 13.2 Å². The molecule has 0 amide bonds. The van der Waals surface area contributed by atoms with Crippen molar-refractivity contribution in [3.05, 3.63) is 29.3 Å². The number of amidine groups is 1. The van der Waals surface area contributed by atoms with Crippen LogP contribution in [0.5, 0.6) is 0 Å². The molecule has 4 nitrogen and oxygen atoms in total.